The van der Waals surface area contributed by atoms with Gasteiger partial charge in [-0.3, -0.25) is 0 Å². The average Bonchev–Trinajstić information content (AvgIpc) is 3.06. The summed E-state index contributed by atoms with van der Waals surface area (Å²) in [6.07, 6.45) is -12.3. The number of nitrogens with zero attached hydrogens (tertiary/aromatic N) is 1. The van der Waals surface area contributed by atoms with Crippen molar-refractivity contribution >= 4 is 0 Å². The van der Waals surface area contributed by atoms with Gasteiger partial charge in [0.2, 0.25) is 0 Å². The van der Waals surface area contributed by atoms with Crippen LogP contribution in [0.5, 0.6) is 0 Å². The lowest BCUT2D eigenvalue weighted by Gasteiger charge is -2.30. The number of halogens is 8. The molecule has 0 unspecified atom stereocenters. The third-order valence-corrected chi connectivity index (χ3v) is 4.12. The lowest BCUT2D eigenvalue weighted by Crippen LogP contribution is -2.54. The fourth-order valence-corrected chi connectivity index (χ4v) is 2.62. The molecule has 0 aliphatic rings. The van der Waals surface area contributed by atoms with Gasteiger partial charge in [-0.1, -0.05) is 0 Å². The van der Waals surface area contributed by atoms with E-state index in [-0.39, 0.29) is 16.8 Å². The monoisotopic (exact) mass is 422 g/mol. The highest BCUT2D eigenvalue weighted by atomic mass is 19.4. The van der Waals surface area contributed by atoms with Gasteiger partial charge in [-0.05, 0) is 48.5 Å². The normalized spacial score (nSPS) is 13.0. The van der Waals surface area contributed by atoms with E-state index in [0.717, 1.165) is 48.5 Å². The maximum atomic E-state index is 13.2. The molecule has 29 heavy (non-hydrogen) atoms. The molecular weight excluding hydrogens is 412 g/mol. The van der Waals surface area contributed by atoms with Crippen LogP contribution >= 0.6 is 0 Å². The molecule has 0 saturated heterocycles. The third-order valence-electron chi connectivity index (χ3n) is 4.12. The summed E-state index contributed by atoms with van der Waals surface area (Å²) in [7, 11) is 0. The summed E-state index contributed by atoms with van der Waals surface area (Å²) in [5.41, 5.74) is -6.08. The molecule has 0 aliphatic heterocycles. The van der Waals surface area contributed by atoms with E-state index in [0.29, 0.717) is 0 Å². The summed E-state index contributed by atoms with van der Waals surface area (Å²) >= 11 is 0. The van der Waals surface area contributed by atoms with Crippen LogP contribution in [0.1, 0.15) is 5.82 Å². The lowest BCUT2D eigenvalue weighted by molar-refractivity contribution is -0.378. The summed E-state index contributed by atoms with van der Waals surface area (Å²) in [5.74, 6) is -3.22. The molecule has 2 aromatic carbocycles. The first-order valence-electron chi connectivity index (χ1n) is 7.83. The van der Waals surface area contributed by atoms with E-state index < -0.39 is 41.1 Å². The molecule has 1 heterocycles. The van der Waals surface area contributed by atoms with Gasteiger partial charge in [0.05, 0.1) is 11.4 Å². The number of aromatic amines is 1. The van der Waals surface area contributed by atoms with Crippen molar-refractivity contribution in [1.29, 1.82) is 0 Å². The van der Waals surface area contributed by atoms with Crippen LogP contribution in [-0.2, 0) is 5.60 Å². The minimum Gasteiger partial charge on any atom is -0.367 e. The summed E-state index contributed by atoms with van der Waals surface area (Å²) in [5, 5.41) is 9.61. The average molecular weight is 422 g/mol. The molecular formula is C18H10F8N2O. The topological polar surface area (TPSA) is 48.9 Å². The molecule has 3 rings (SSSR count). The zero-order chi connectivity index (χ0) is 21.6. The smallest absolute Gasteiger partial charge is 0.367 e. The van der Waals surface area contributed by atoms with Crippen LogP contribution < -0.4 is 0 Å². The quantitative estimate of drug-likeness (QED) is 0.561. The number of alkyl halides is 6. The Balaban J connectivity index is 2.29. The van der Waals surface area contributed by atoms with Crippen molar-refractivity contribution in [3.63, 3.8) is 0 Å². The van der Waals surface area contributed by atoms with Crippen molar-refractivity contribution in [2.45, 2.75) is 18.0 Å². The number of aromatic nitrogens is 2. The fraction of sp³-hybridized carbons (Fsp3) is 0.167. The maximum absolute atomic E-state index is 13.2. The Kier molecular flexibility index (Phi) is 4.89. The molecule has 2 N–H and O–H groups in total. The van der Waals surface area contributed by atoms with Gasteiger partial charge in [-0.2, -0.15) is 26.3 Å². The van der Waals surface area contributed by atoms with Gasteiger partial charge >= 0.3 is 18.0 Å². The number of H-pyrrole nitrogens is 1. The Hall–Kier alpha value is -2.95. The van der Waals surface area contributed by atoms with E-state index in [1.54, 1.807) is 0 Å². The Morgan fingerprint density at radius 3 is 1.52 bits per heavy atom. The van der Waals surface area contributed by atoms with Crippen LogP contribution in [0.2, 0.25) is 0 Å². The van der Waals surface area contributed by atoms with Gasteiger partial charge in [0, 0.05) is 11.1 Å². The van der Waals surface area contributed by atoms with Crippen molar-refractivity contribution in [2.75, 3.05) is 0 Å². The predicted octanol–water partition coefficient (Wildman–Crippen LogP) is 5.33. The van der Waals surface area contributed by atoms with E-state index in [1.807, 2.05) is 4.98 Å². The van der Waals surface area contributed by atoms with Crippen LogP contribution in [0.25, 0.3) is 22.5 Å². The Morgan fingerprint density at radius 2 is 1.10 bits per heavy atom. The van der Waals surface area contributed by atoms with Crippen LogP contribution in [-0.4, -0.2) is 27.4 Å². The first-order chi connectivity index (χ1) is 13.3. The highest BCUT2D eigenvalue weighted by Crippen LogP contribution is 2.50. The van der Waals surface area contributed by atoms with Gasteiger partial charge < -0.3 is 10.1 Å². The lowest BCUT2D eigenvalue weighted by atomic mass is 10.0. The van der Waals surface area contributed by atoms with Gasteiger partial charge in [-0.25, -0.2) is 13.8 Å². The third kappa shape index (κ3) is 3.57. The number of hydrogen-bond acceptors (Lipinski definition) is 2. The molecule has 0 aliphatic carbocycles. The molecule has 0 atom stereocenters. The van der Waals surface area contributed by atoms with Gasteiger partial charge in [0.25, 0.3) is 0 Å². The van der Waals surface area contributed by atoms with Crippen molar-refractivity contribution in [3.05, 3.63) is 66.0 Å². The predicted molar refractivity (Wildman–Crippen MR) is 85.4 cm³/mol. The van der Waals surface area contributed by atoms with Gasteiger partial charge in [0.15, 0.2) is 5.82 Å². The minimum atomic E-state index is -6.15. The number of hydrogen-bond donors (Lipinski definition) is 2. The SMILES string of the molecule is OC(c1nc(-c2ccc(F)cc2)c(-c2ccc(F)cc2)[nH]1)(C(F)(F)F)C(F)(F)F. The van der Waals surface area contributed by atoms with Crippen LogP contribution in [0, 0.1) is 11.6 Å². The van der Waals surface area contributed by atoms with Crippen molar-refractivity contribution < 1.29 is 40.2 Å². The van der Waals surface area contributed by atoms with Gasteiger partial charge in [-0.15, -0.1) is 0 Å². The van der Waals surface area contributed by atoms with E-state index in [9.17, 15) is 40.2 Å². The number of benzene rings is 2. The molecule has 11 heteroatoms. The maximum Gasteiger partial charge on any atom is 0.433 e. The molecule has 0 spiro atoms. The summed E-state index contributed by atoms with van der Waals surface area (Å²) in [6.45, 7) is 0. The van der Waals surface area contributed by atoms with Crippen LogP contribution in [0.15, 0.2) is 48.5 Å². The van der Waals surface area contributed by atoms with Crippen molar-refractivity contribution in [2.24, 2.45) is 0 Å². The van der Waals surface area contributed by atoms with E-state index >= 15 is 0 Å². The fourth-order valence-electron chi connectivity index (χ4n) is 2.62. The Morgan fingerprint density at radius 1 is 0.690 bits per heavy atom. The Bertz CT molecular complexity index is 927. The number of nitrogens with one attached hydrogen (secondary N) is 1. The second kappa shape index (κ2) is 6.83. The van der Waals surface area contributed by atoms with E-state index in [4.69, 9.17) is 0 Å². The standard InChI is InChI=1S/C18H10F8N2O/c19-11-5-1-9(2-6-11)13-14(10-3-7-12(20)8-4-10)28-15(27-13)16(29,17(21,22)23)18(24,25)26/h1-8,29H,(H,27,28). The molecule has 1 aromatic heterocycles. The summed E-state index contributed by atoms with van der Waals surface area (Å²) in [6, 6.07) is 8.09. The molecule has 0 bridgehead atoms. The molecule has 0 saturated carbocycles. The van der Waals surface area contributed by atoms with E-state index in [2.05, 4.69) is 4.98 Å². The largest absolute Gasteiger partial charge is 0.433 e. The van der Waals surface area contributed by atoms with Crippen LogP contribution in [0.3, 0.4) is 0 Å². The number of imidazole rings is 1. The van der Waals surface area contributed by atoms with E-state index in [1.165, 1.54) is 0 Å². The van der Waals surface area contributed by atoms with Crippen LogP contribution in [0.4, 0.5) is 35.1 Å². The molecule has 0 radical (unpaired) electrons. The minimum absolute atomic E-state index is 0.00354. The Labute approximate surface area is 157 Å². The van der Waals surface area contributed by atoms with Crippen molar-refractivity contribution in [3.8, 4) is 22.5 Å². The molecule has 3 nitrogen and oxygen atoms in total. The highest BCUT2D eigenvalue weighted by Gasteiger charge is 2.73. The molecule has 0 amide bonds. The number of aliphatic hydroxyl groups is 1. The number of rotatable bonds is 3. The highest BCUT2D eigenvalue weighted by molar-refractivity contribution is 5.78. The summed E-state index contributed by atoms with van der Waals surface area (Å²) in [4.78, 5) is 5.22. The zero-order valence-electron chi connectivity index (χ0n) is 14.0. The second-order valence-corrected chi connectivity index (χ2v) is 6.03. The molecule has 154 valence electrons. The molecule has 0 fully saturated rings. The second-order valence-electron chi connectivity index (χ2n) is 6.03. The van der Waals surface area contributed by atoms with Crippen molar-refractivity contribution in [1.82, 2.24) is 9.97 Å². The first kappa shape index (κ1) is 20.8. The van der Waals surface area contributed by atoms with Gasteiger partial charge in [0.1, 0.15) is 11.6 Å². The summed E-state index contributed by atoms with van der Waals surface area (Å²) < 4.78 is 106. The zero-order valence-corrected chi connectivity index (χ0v) is 14.0. The molecule has 3 aromatic rings. The first-order valence-corrected chi connectivity index (χ1v) is 7.83.